The smallest absolute Gasteiger partial charge is 0.0991 e. The zero-order valence-corrected chi connectivity index (χ0v) is 12.3. The van der Waals surface area contributed by atoms with E-state index < -0.39 is 0 Å². The van der Waals surface area contributed by atoms with Gasteiger partial charge in [0.1, 0.15) is 0 Å². The highest BCUT2D eigenvalue weighted by Crippen LogP contribution is 2.15. The van der Waals surface area contributed by atoms with Crippen molar-refractivity contribution in [2.45, 2.75) is 33.4 Å². The number of nitrogens with one attached hydrogen (secondary N) is 1. The van der Waals surface area contributed by atoms with Crippen LogP contribution in [0.4, 0.5) is 0 Å². The van der Waals surface area contributed by atoms with Crippen LogP contribution in [0.1, 0.15) is 40.8 Å². The van der Waals surface area contributed by atoms with Gasteiger partial charge in [0.05, 0.1) is 11.6 Å². The zero-order chi connectivity index (χ0) is 14.5. The Hall–Kier alpha value is -2.11. The van der Waals surface area contributed by atoms with Gasteiger partial charge in [0.2, 0.25) is 0 Å². The summed E-state index contributed by atoms with van der Waals surface area (Å²) in [7, 11) is 0. The van der Waals surface area contributed by atoms with Gasteiger partial charge in [-0.1, -0.05) is 30.3 Å². The third-order valence-corrected chi connectivity index (χ3v) is 3.72. The van der Waals surface area contributed by atoms with E-state index >= 15 is 0 Å². The first-order valence-electron chi connectivity index (χ1n) is 6.89. The van der Waals surface area contributed by atoms with E-state index in [4.69, 9.17) is 5.26 Å². The summed E-state index contributed by atoms with van der Waals surface area (Å²) in [5, 5.41) is 12.3. The summed E-state index contributed by atoms with van der Waals surface area (Å²) < 4.78 is 0. The third kappa shape index (κ3) is 3.46. The number of rotatable bonds is 4. The Morgan fingerprint density at radius 3 is 2.35 bits per heavy atom. The molecule has 0 amide bonds. The largest absolute Gasteiger partial charge is 0.306 e. The molecule has 0 saturated heterocycles. The quantitative estimate of drug-likeness (QED) is 0.905. The number of nitriles is 1. The molecule has 1 unspecified atom stereocenters. The number of hydrogen-bond acceptors (Lipinski definition) is 2. The molecule has 2 aromatic carbocycles. The number of nitrogens with zero attached hydrogens (tertiary/aromatic N) is 1. The molecule has 2 aromatic rings. The van der Waals surface area contributed by atoms with Crippen molar-refractivity contribution < 1.29 is 0 Å². The summed E-state index contributed by atoms with van der Waals surface area (Å²) in [4.78, 5) is 0. The molecule has 1 atom stereocenters. The minimum absolute atomic E-state index is 0.268. The molecule has 0 heterocycles. The number of aryl methyl sites for hydroxylation is 2. The first kappa shape index (κ1) is 14.3. The van der Waals surface area contributed by atoms with Crippen LogP contribution in [0.2, 0.25) is 0 Å². The van der Waals surface area contributed by atoms with Crippen LogP contribution in [0.25, 0.3) is 0 Å². The summed E-state index contributed by atoms with van der Waals surface area (Å²) in [6, 6.07) is 16.7. The van der Waals surface area contributed by atoms with Crippen LogP contribution in [0.15, 0.2) is 42.5 Å². The average Bonchev–Trinajstić information content (AvgIpc) is 2.48. The molecule has 0 spiro atoms. The van der Waals surface area contributed by atoms with Gasteiger partial charge in [-0.05, 0) is 55.2 Å². The molecule has 0 aliphatic heterocycles. The van der Waals surface area contributed by atoms with E-state index in [0.717, 1.165) is 6.54 Å². The summed E-state index contributed by atoms with van der Waals surface area (Å²) in [5.74, 6) is 0. The van der Waals surface area contributed by atoms with Crippen LogP contribution >= 0.6 is 0 Å². The van der Waals surface area contributed by atoms with Crippen molar-refractivity contribution in [2.24, 2.45) is 0 Å². The second-order valence-corrected chi connectivity index (χ2v) is 5.26. The maximum absolute atomic E-state index is 8.80. The summed E-state index contributed by atoms with van der Waals surface area (Å²) in [6.45, 7) is 7.26. The Bertz CT molecular complexity index is 621. The first-order valence-corrected chi connectivity index (χ1v) is 6.89. The summed E-state index contributed by atoms with van der Waals surface area (Å²) in [6.07, 6.45) is 0. The van der Waals surface area contributed by atoms with E-state index in [9.17, 15) is 0 Å². The summed E-state index contributed by atoms with van der Waals surface area (Å²) >= 11 is 0. The van der Waals surface area contributed by atoms with Gasteiger partial charge < -0.3 is 5.32 Å². The van der Waals surface area contributed by atoms with Gasteiger partial charge in [0.15, 0.2) is 0 Å². The average molecular weight is 264 g/mol. The Kier molecular flexibility index (Phi) is 4.55. The molecule has 0 radical (unpaired) electrons. The molecule has 0 aromatic heterocycles. The highest BCUT2D eigenvalue weighted by Gasteiger charge is 2.05. The predicted octanol–water partition coefficient (Wildman–Crippen LogP) is 4.03. The van der Waals surface area contributed by atoms with Gasteiger partial charge in [0.25, 0.3) is 0 Å². The topological polar surface area (TPSA) is 35.8 Å². The normalized spacial score (nSPS) is 11.9. The molecule has 2 nitrogen and oxygen atoms in total. The van der Waals surface area contributed by atoms with E-state index in [1.807, 2.05) is 24.3 Å². The van der Waals surface area contributed by atoms with Crippen LogP contribution in [0.5, 0.6) is 0 Å². The van der Waals surface area contributed by atoms with Gasteiger partial charge in [-0.25, -0.2) is 0 Å². The van der Waals surface area contributed by atoms with Gasteiger partial charge in [-0.3, -0.25) is 0 Å². The predicted molar refractivity (Wildman–Crippen MR) is 82.3 cm³/mol. The van der Waals surface area contributed by atoms with E-state index in [-0.39, 0.29) is 6.04 Å². The van der Waals surface area contributed by atoms with Gasteiger partial charge in [-0.15, -0.1) is 0 Å². The Morgan fingerprint density at radius 1 is 1.05 bits per heavy atom. The molecule has 2 heteroatoms. The monoisotopic (exact) mass is 264 g/mol. The molecular weight excluding hydrogens is 244 g/mol. The van der Waals surface area contributed by atoms with E-state index in [2.05, 4.69) is 50.4 Å². The maximum Gasteiger partial charge on any atom is 0.0991 e. The standard InChI is InChI=1S/C18H20N2/c1-13-4-5-17(10-14(13)2)12-20-15(3)18-8-6-16(11-19)7-9-18/h4-10,15,20H,12H2,1-3H3. The Morgan fingerprint density at radius 2 is 1.75 bits per heavy atom. The fraction of sp³-hybridized carbons (Fsp3) is 0.278. The molecule has 102 valence electrons. The van der Waals surface area contributed by atoms with E-state index in [0.29, 0.717) is 5.56 Å². The van der Waals surface area contributed by atoms with Crippen molar-refractivity contribution in [1.29, 1.82) is 5.26 Å². The van der Waals surface area contributed by atoms with E-state index in [1.54, 1.807) is 0 Å². The lowest BCUT2D eigenvalue weighted by molar-refractivity contribution is 0.574. The molecule has 1 N–H and O–H groups in total. The van der Waals surface area contributed by atoms with Crippen molar-refractivity contribution in [3.8, 4) is 6.07 Å². The number of hydrogen-bond donors (Lipinski definition) is 1. The lowest BCUT2D eigenvalue weighted by Gasteiger charge is -2.15. The lowest BCUT2D eigenvalue weighted by Crippen LogP contribution is -2.18. The minimum Gasteiger partial charge on any atom is -0.306 e. The van der Waals surface area contributed by atoms with Gasteiger partial charge >= 0.3 is 0 Å². The molecule has 0 saturated carbocycles. The van der Waals surface area contributed by atoms with Crippen LogP contribution in [-0.2, 0) is 6.54 Å². The fourth-order valence-corrected chi connectivity index (χ4v) is 2.15. The summed E-state index contributed by atoms with van der Waals surface area (Å²) in [5.41, 5.74) is 5.86. The van der Waals surface area contributed by atoms with Crippen molar-refractivity contribution in [2.75, 3.05) is 0 Å². The second kappa shape index (κ2) is 6.36. The fourth-order valence-electron chi connectivity index (χ4n) is 2.15. The highest BCUT2D eigenvalue weighted by molar-refractivity contribution is 5.33. The molecular formula is C18H20N2. The van der Waals surface area contributed by atoms with Crippen LogP contribution < -0.4 is 5.32 Å². The molecule has 0 aliphatic rings. The van der Waals surface area contributed by atoms with Crippen molar-refractivity contribution in [1.82, 2.24) is 5.32 Å². The molecule has 0 fully saturated rings. The Balaban J connectivity index is 1.99. The van der Waals surface area contributed by atoms with Crippen molar-refractivity contribution >= 4 is 0 Å². The minimum atomic E-state index is 0.268. The molecule has 0 bridgehead atoms. The maximum atomic E-state index is 8.80. The van der Waals surface area contributed by atoms with Gasteiger partial charge in [0, 0.05) is 12.6 Å². The van der Waals surface area contributed by atoms with E-state index in [1.165, 1.54) is 22.3 Å². The second-order valence-electron chi connectivity index (χ2n) is 5.26. The molecule has 2 rings (SSSR count). The lowest BCUT2D eigenvalue weighted by atomic mass is 10.0. The third-order valence-electron chi connectivity index (χ3n) is 3.72. The molecule has 0 aliphatic carbocycles. The Labute approximate surface area is 121 Å². The zero-order valence-electron chi connectivity index (χ0n) is 12.3. The van der Waals surface area contributed by atoms with Crippen molar-refractivity contribution in [3.05, 3.63) is 70.3 Å². The molecule has 20 heavy (non-hydrogen) atoms. The first-order chi connectivity index (χ1) is 9.60. The number of benzene rings is 2. The SMILES string of the molecule is Cc1ccc(CNC(C)c2ccc(C#N)cc2)cc1C. The van der Waals surface area contributed by atoms with Crippen LogP contribution in [0, 0.1) is 25.2 Å². The van der Waals surface area contributed by atoms with Gasteiger partial charge in [-0.2, -0.15) is 5.26 Å². The van der Waals surface area contributed by atoms with Crippen LogP contribution in [-0.4, -0.2) is 0 Å². The van der Waals surface area contributed by atoms with Crippen molar-refractivity contribution in [3.63, 3.8) is 0 Å². The van der Waals surface area contributed by atoms with Crippen LogP contribution in [0.3, 0.4) is 0 Å². The highest BCUT2D eigenvalue weighted by atomic mass is 14.9.